The highest BCUT2D eigenvalue weighted by molar-refractivity contribution is 5.59. The van der Waals surface area contributed by atoms with Crippen LogP contribution in [0, 0.1) is 17.0 Å². The average Bonchev–Trinajstić information content (AvgIpc) is 2.89. The smallest absolute Gasteiger partial charge is 0.311 e. The second-order valence-corrected chi connectivity index (χ2v) is 4.91. The summed E-state index contributed by atoms with van der Waals surface area (Å²) < 4.78 is 0. The summed E-state index contributed by atoms with van der Waals surface area (Å²) in [5.41, 5.74) is 0.771. The first-order valence-electron chi connectivity index (χ1n) is 6.63. The van der Waals surface area contributed by atoms with Gasteiger partial charge < -0.3 is 10.0 Å². The Balaban J connectivity index is 2.39. The second kappa shape index (κ2) is 5.97. The van der Waals surface area contributed by atoms with Crippen LogP contribution in [0.1, 0.15) is 31.4 Å². The van der Waals surface area contributed by atoms with E-state index in [1.165, 1.54) is 6.07 Å². The standard InChI is InChI=1S/C13H19N3O3/c1-10-6-7-12(16(18)19)13(14-10)15(8-9-17)11-4-2-3-5-11/h6-7,11,17H,2-5,8-9H2,1H3. The zero-order chi connectivity index (χ0) is 13.8. The van der Waals surface area contributed by atoms with Crippen molar-refractivity contribution < 1.29 is 10.0 Å². The lowest BCUT2D eigenvalue weighted by atomic mass is 10.2. The van der Waals surface area contributed by atoms with Crippen LogP contribution in [0.3, 0.4) is 0 Å². The van der Waals surface area contributed by atoms with Crippen LogP contribution in [0.15, 0.2) is 12.1 Å². The van der Waals surface area contributed by atoms with Gasteiger partial charge >= 0.3 is 5.69 Å². The van der Waals surface area contributed by atoms with Gasteiger partial charge in [0, 0.05) is 24.3 Å². The first kappa shape index (κ1) is 13.7. The highest BCUT2D eigenvalue weighted by atomic mass is 16.6. The molecule has 1 fully saturated rings. The molecule has 0 spiro atoms. The molecule has 0 saturated heterocycles. The number of aryl methyl sites for hydroxylation is 1. The summed E-state index contributed by atoms with van der Waals surface area (Å²) in [6, 6.07) is 3.39. The third kappa shape index (κ3) is 3.01. The number of pyridine rings is 1. The van der Waals surface area contributed by atoms with E-state index in [-0.39, 0.29) is 18.3 Å². The number of nitro groups is 1. The molecule has 0 radical (unpaired) electrons. The minimum absolute atomic E-state index is 0.0194. The first-order valence-corrected chi connectivity index (χ1v) is 6.63. The van der Waals surface area contributed by atoms with Gasteiger partial charge in [0.25, 0.3) is 0 Å². The molecule has 0 bridgehead atoms. The van der Waals surface area contributed by atoms with Crippen molar-refractivity contribution >= 4 is 11.5 Å². The number of rotatable bonds is 5. The first-order chi connectivity index (χ1) is 9.13. The van der Waals surface area contributed by atoms with Gasteiger partial charge in [-0.2, -0.15) is 0 Å². The number of aliphatic hydroxyl groups is 1. The predicted molar refractivity (Wildman–Crippen MR) is 72.3 cm³/mol. The largest absolute Gasteiger partial charge is 0.395 e. The fourth-order valence-corrected chi connectivity index (χ4v) is 2.67. The molecule has 0 aromatic carbocycles. The third-order valence-electron chi connectivity index (χ3n) is 3.57. The molecule has 2 rings (SSSR count). The number of hydrogen-bond donors (Lipinski definition) is 1. The Morgan fingerprint density at radius 2 is 2.16 bits per heavy atom. The highest BCUT2D eigenvalue weighted by Crippen LogP contribution is 2.32. The maximum atomic E-state index is 11.1. The summed E-state index contributed by atoms with van der Waals surface area (Å²) >= 11 is 0. The van der Waals surface area contributed by atoms with Gasteiger partial charge in [-0.1, -0.05) is 12.8 Å². The molecule has 19 heavy (non-hydrogen) atoms. The Hall–Kier alpha value is -1.69. The molecule has 1 N–H and O–H groups in total. The van der Waals surface area contributed by atoms with Crippen molar-refractivity contribution in [1.29, 1.82) is 0 Å². The second-order valence-electron chi connectivity index (χ2n) is 4.91. The molecular formula is C13H19N3O3. The molecule has 0 unspecified atom stereocenters. The molecule has 1 aromatic rings. The number of aliphatic hydroxyl groups excluding tert-OH is 1. The average molecular weight is 265 g/mol. The Bertz CT molecular complexity index is 458. The van der Waals surface area contributed by atoms with Gasteiger partial charge in [-0.3, -0.25) is 10.1 Å². The maximum Gasteiger partial charge on any atom is 0.311 e. The summed E-state index contributed by atoms with van der Waals surface area (Å²) in [6.07, 6.45) is 4.28. The molecule has 6 nitrogen and oxygen atoms in total. The summed E-state index contributed by atoms with van der Waals surface area (Å²) in [7, 11) is 0. The summed E-state index contributed by atoms with van der Waals surface area (Å²) in [5.74, 6) is 0.394. The van der Waals surface area contributed by atoms with Crippen LogP contribution in [-0.4, -0.2) is 34.2 Å². The van der Waals surface area contributed by atoms with Gasteiger partial charge in [0.15, 0.2) is 0 Å². The van der Waals surface area contributed by atoms with Crippen molar-refractivity contribution in [3.05, 3.63) is 27.9 Å². The number of aromatic nitrogens is 1. The molecule has 0 aliphatic heterocycles. The van der Waals surface area contributed by atoms with Crippen LogP contribution >= 0.6 is 0 Å². The van der Waals surface area contributed by atoms with Crippen LogP contribution in [-0.2, 0) is 0 Å². The zero-order valence-corrected chi connectivity index (χ0v) is 11.1. The van der Waals surface area contributed by atoms with Gasteiger partial charge in [-0.25, -0.2) is 4.98 Å². The van der Waals surface area contributed by atoms with E-state index in [2.05, 4.69) is 4.98 Å². The lowest BCUT2D eigenvalue weighted by Crippen LogP contribution is -2.36. The van der Waals surface area contributed by atoms with Crippen molar-refractivity contribution in [3.8, 4) is 0 Å². The molecule has 0 amide bonds. The van der Waals surface area contributed by atoms with Crippen LogP contribution in [0.4, 0.5) is 11.5 Å². The summed E-state index contributed by atoms with van der Waals surface area (Å²) in [5, 5.41) is 20.4. The molecule has 1 aliphatic rings. The van der Waals surface area contributed by atoms with Gasteiger partial charge in [-0.15, -0.1) is 0 Å². The Morgan fingerprint density at radius 3 is 2.74 bits per heavy atom. The van der Waals surface area contributed by atoms with Crippen LogP contribution in [0.5, 0.6) is 0 Å². The van der Waals surface area contributed by atoms with Crippen molar-refractivity contribution in [2.75, 3.05) is 18.1 Å². The molecular weight excluding hydrogens is 246 g/mol. The van der Waals surface area contributed by atoms with Crippen molar-refractivity contribution in [3.63, 3.8) is 0 Å². The van der Waals surface area contributed by atoms with Crippen LogP contribution in [0.25, 0.3) is 0 Å². The van der Waals surface area contributed by atoms with E-state index in [0.29, 0.717) is 12.4 Å². The lowest BCUT2D eigenvalue weighted by Gasteiger charge is -2.29. The Morgan fingerprint density at radius 1 is 1.47 bits per heavy atom. The van der Waals surface area contributed by atoms with E-state index < -0.39 is 4.92 Å². The molecule has 104 valence electrons. The maximum absolute atomic E-state index is 11.1. The molecule has 1 aromatic heterocycles. The zero-order valence-electron chi connectivity index (χ0n) is 11.1. The SMILES string of the molecule is Cc1ccc([N+](=O)[O-])c(N(CCO)C2CCCC2)n1. The number of nitrogens with zero attached hydrogens (tertiary/aromatic N) is 3. The topological polar surface area (TPSA) is 79.5 Å². The van der Waals surface area contributed by atoms with E-state index in [4.69, 9.17) is 0 Å². The third-order valence-corrected chi connectivity index (χ3v) is 3.57. The van der Waals surface area contributed by atoms with E-state index in [9.17, 15) is 15.2 Å². The quantitative estimate of drug-likeness (QED) is 0.651. The van der Waals surface area contributed by atoms with E-state index in [1.807, 2.05) is 11.8 Å². The molecule has 1 saturated carbocycles. The summed E-state index contributed by atoms with van der Waals surface area (Å²) in [6.45, 7) is 2.18. The van der Waals surface area contributed by atoms with Gasteiger partial charge in [0.2, 0.25) is 5.82 Å². The van der Waals surface area contributed by atoms with Crippen LogP contribution in [0.2, 0.25) is 0 Å². The van der Waals surface area contributed by atoms with Gasteiger partial charge in [0.05, 0.1) is 11.5 Å². The lowest BCUT2D eigenvalue weighted by molar-refractivity contribution is -0.384. The van der Waals surface area contributed by atoms with E-state index >= 15 is 0 Å². The van der Waals surface area contributed by atoms with E-state index in [0.717, 1.165) is 31.4 Å². The Kier molecular flexibility index (Phi) is 4.31. The highest BCUT2D eigenvalue weighted by Gasteiger charge is 2.28. The monoisotopic (exact) mass is 265 g/mol. The normalized spacial score (nSPS) is 15.7. The minimum Gasteiger partial charge on any atom is -0.395 e. The van der Waals surface area contributed by atoms with Crippen LogP contribution < -0.4 is 4.90 Å². The number of hydrogen-bond acceptors (Lipinski definition) is 5. The fraction of sp³-hybridized carbons (Fsp3) is 0.615. The van der Waals surface area contributed by atoms with Gasteiger partial charge in [-0.05, 0) is 25.8 Å². The molecule has 0 atom stereocenters. The Labute approximate surface area is 112 Å². The predicted octanol–water partition coefficient (Wildman–Crippen LogP) is 2.04. The molecule has 1 heterocycles. The molecule has 1 aliphatic carbocycles. The van der Waals surface area contributed by atoms with Crippen molar-refractivity contribution in [2.24, 2.45) is 0 Å². The van der Waals surface area contributed by atoms with Crippen molar-refractivity contribution in [1.82, 2.24) is 4.98 Å². The molecule has 6 heteroatoms. The number of anilines is 1. The fourth-order valence-electron chi connectivity index (χ4n) is 2.67. The summed E-state index contributed by atoms with van der Waals surface area (Å²) in [4.78, 5) is 17.0. The minimum atomic E-state index is -0.402. The van der Waals surface area contributed by atoms with E-state index in [1.54, 1.807) is 6.07 Å². The van der Waals surface area contributed by atoms with Crippen molar-refractivity contribution in [2.45, 2.75) is 38.6 Å². The van der Waals surface area contributed by atoms with Gasteiger partial charge in [0.1, 0.15) is 0 Å².